The Labute approximate surface area is 155 Å². The van der Waals surface area contributed by atoms with Gasteiger partial charge in [0.25, 0.3) is 5.91 Å². The van der Waals surface area contributed by atoms with Crippen molar-refractivity contribution >= 4 is 11.6 Å². The summed E-state index contributed by atoms with van der Waals surface area (Å²) >= 11 is 0. The summed E-state index contributed by atoms with van der Waals surface area (Å²) in [6, 6.07) is 11.1. The Hall–Kier alpha value is -2.69. The van der Waals surface area contributed by atoms with Crippen molar-refractivity contribution < 1.29 is 19.0 Å². The van der Waals surface area contributed by atoms with Gasteiger partial charge >= 0.3 is 0 Å². The Morgan fingerprint density at radius 2 is 1.54 bits per heavy atom. The second-order valence-corrected chi connectivity index (χ2v) is 6.52. The van der Waals surface area contributed by atoms with Crippen LogP contribution in [-0.4, -0.2) is 26.2 Å². The van der Waals surface area contributed by atoms with E-state index < -0.39 is 6.10 Å². The molecule has 0 heterocycles. The molecule has 26 heavy (non-hydrogen) atoms. The molecule has 0 bridgehead atoms. The van der Waals surface area contributed by atoms with Crippen molar-refractivity contribution in [3.8, 4) is 17.2 Å². The first-order chi connectivity index (χ1) is 12.3. The van der Waals surface area contributed by atoms with Crippen LogP contribution in [0.5, 0.6) is 17.2 Å². The lowest BCUT2D eigenvalue weighted by Gasteiger charge is -2.17. The fourth-order valence-corrected chi connectivity index (χ4v) is 2.75. The van der Waals surface area contributed by atoms with Gasteiger partial charge in [0.2, 0.25) is 0 Å². The van der Waals surface area contributed by atoms with Crippen molar-refractivity contribution in [3.63, 3.8) is 0 Å². The maximum absolute atomic E-state index is 12.5. The van der Waals surface area contributed by atoms with Crippen LogP contribution < -0.4 is 19.5 Å². The van der Waals surface area contributed by atoms with Crippen molar-refractivity contribution in [1.82, 2.24) is 0 Å². The molecule has 0 aliphatic heterocycles. The average Bonchev–Trinajstić information content (AvgIpc) is 2.60. The van der Waals surface area contributed by atoms with E-state index in [9.17, 15) is 4.79 Å². The van der Waals surface area contributed by atoms with Gasteiger partial charge < -0.3 is 19.5 Å². The van der Waals surface area contributed by atoms with E-state index in [4.69, 9.17) is 14.2 Å². The molecule has 1 amide bonds. The van der Waals surface area contributed by atoms with E-state index in [-0.39, 0.29) is 5.91 Å². The van der Waals surface area contributed by atoms with E-state index in [0.29, 0.717) is 28.9 Å². The van der Waals surface area contributed by atoms with E-state index in [1.807, 2.05) is 18.2 Å². The molecule has 0 saturated heterocycles. The second kappa shape index (κ2) is 8.61. The molecular formula is C21H27NO4. The number of anilines is 1. The van der Waals surface area contributed by atoms with Gasteiger partial charge in [-0.1, -0.05) is 19.9 Å². The number of aryl methyl sites for hydroxylation is 1. The van der Waals surface area contributed by atoms with Crippen LogP contribution in [0.1, 0.15) is 37.8 Å². The lowest BCUT2D eigenvalue weighted by Crippen LogP contribution is -2.30. The Morgan fingerprint density at radius 1 is 0.923 bits per heavy atom. The second-order valence-electron chi connectivity index (χ2n) is 6.52. The van der Waals surface area contributed by atoms with Gasteiger partial charge in [0.15, 0.2) is 6.10 Å². The van der Waals surface area contributed by atoms with Crippen molar-refractivity contribution in [1.29, 1.82) is 0 Å². The van der Waals surface area contributed by atoms with E-state index in [2.05, 4.69) is 26.1 Å². The Kier molecular flexibility index (Phi) is 6.50. The topological polar surface area (TPSA) is 56.8 Å². The first-order valence-electron chi connectivity index (χ1n) is 8.65. The maximum atomic E-state index is 12.5. The molecular weight excluding hydrogens is 330 g/mol. The molecule has 1 unspecified atom stereocenters. The minimum absolute atomic E-state index is 0.245. The summed E-state index contributed by atoms with van der Waals surface area (Å²) in [6.45, 7) is 8.08. The van der Waals surface area contributed by atoms with Gasteiger partial charge in [0, 0.05) is 23.9 Å². The highest BCUT2D eigenvalue weighted by atomic mass is 16.5. The maximum Gasteiger partial charge on any atom is 0.265 e. The van der Waals surface area contributed by atoms with Crippen LogP contribution in [-0.2, 0) is 4.79 Å². The smallest absolute Gasteiger partial charge is 0.265 e. The van der Waals surface area contributed by atoms with Gasteiger partial charge in [-0.15, -0.1) is 0 Å². The zero-order chi connectivity index (χ0) is 19.3. The predicted molar refractivity (Wildman–Crippen MR) is 104 cm³/mol. The van der Waals surface area contributed by atoms with Crippen molar-refractivity contribution in [2.45, 2.75) is 39.7 Å². The highest BCUT2D eigenvalue weighted by Gasteiger charge is 2.16. The fourth-order valence-electron chi connectivity index (χ4n) is 2.75. The molecule has 0 radical (unpaired) electrons. The third-order valence-corrected chi connectivity index (χ3v) is 4.16. The average molecular weight is 357 g/mol. The Balaban J connectivity index is 2.07. The number of carbonyl (C=O) groups is 1. The van der Waals surface area contributed by atoms with Crippen molar-refractivity contribution in [2.75, 3.05) is 19.5 Å². The molecule has 0 saturated carbocycles. The minimum Gasteiger partial charge on any atom is -0.497 e. The molecule has 2 rings (SSSR count). The van der Waals surface area contributed by atoms with Crippen LogP contribution in [0.25, 0.3) is 0 Å². The van der Waals surface area contributed by atoms with Crippen molar-refractivity contribution in [2.24, 2.45) is 0 Å². The molecule has 2 aromatic carbocycles. The summed E-state index contributed by atoms with van der Waals surface area (Å²) in [6.07, 6.45) is -0.642. The SMILES string of the molecule is COc1cc(NC(=O)C(C)Oc2ccc(C(C)C)c(C)c2)cc(OC)c1. The molecule has 0 fully saturated rings. The summed E-state index contributed by atoms with van der Waals surface area (Å²) in [7, 11) is 3.13. The van der Waals surface area contributed by atoms with Gasteiger partial charge in [-0.25, -0.2) is 0 Å². The molecule has 2 aromatic rings. The predicted octanol–water partition coefficient (Wildman–Crippen LogP) is 4.54. The van der Waals surface area contributed by atoms with Gasteiger partial charge in [0.05, 0.1) is 14.2 Å². The number of carbonyl (C=O) groups excluding carboxylic acids is 1. The molecule has 1 atom stereocenters. The summed E-state index contributed by atoms with van der Waals surface area (Å²) in [5, 5.41) is 2.83. The number of ether oxygens (including phenoxy) is 3. The highest BCUT2D eigenvalue weighted by molar-refractivity contribution is 5.94. The number of nitrogens with one attached hydrogen (secondary N) is 1. The first-order valence-corrected chi connectivity index (χ1v) is 8.65. The Morgan fingerprint density at radius 3 is 2.04 bits per heavy atom. The standard InChI is InChI=1S/C21H27NO4/c1-13(2)20-8-7-17(9-14(20)3)26-15(4)21(23)22-16-10-18(24-5)12-19(11-16)25-6/h7-13,15H,1-6H3,(H,22,23). The molecule has 0 spiro atoms. The largest absolute Gasteiger partial charge is 0.497 e. The monoisotopic (exact) mass is 357 g/mol. The number of methoxy groups -OCH3 is 2. The van der Waals surface area contributed by atoms with Crippen LogP contribution >= 0.6 is 0 Å². The van der Waals surface area contributed by atoms with Crippen molar-refractivity contribution in [3.05, 3.63) is 47.5 Å². The summed E-state index contributed by atoms with van der Waals surface area (Å²) in [5.41, 5.74) is 3.02. The summed E-state index contributed by atoms with van der Waals surface area (Å²) in [4.78, 5) is 12.5. The summed E-state index contributed by atoms with van der Waals surface area (Å²) in [5.74, 6) is 2.10. The third-order valence-electron chi connectivity index (χ3n) is 4.16. The first kappa shape index (κ1) is 19.6. The van der Waals surface area contributed by atoms with Crippen LogP contribution in [0, 0.1) is 6.92 Å². The van der Waals surface area contributed by atoms with Crippen LogP contribution in [0.2, 0.25) is 0 Å². The molecule has 0 aliphatic carbocycles. The molecule has 1 N–H and O–H groups in total. The lowest BCUT2D eigenvalue weighted by molar-refractivity contribution is -0.122. The van der Waals surface area contributed by atoms with Crippen LogP contribution in [0.3, 0.4) is 0 Å². The molecule has 5 heteroatoms. The number of benzene rings is 2. The molecule has 0 aliphatic rings. The quantitative estimate of drug-likeness (QED) is 0.790. The number of amides is 1. The Bertz CT molecular complexity index is 748. The fraction of sp³-hybridized carbons (Fsp3) is 0.381. The van der Waals surface area contributed by atoms with Gasteiger partial charge in [-0.2, -0.15) is 0 Å². The summed E-state index contributed by atoms with van der Waals surface area (Å²) < 4.78 is 16.2. The molecule has 0 aromatic heterocycles. The highest BCUT2D eigenvalue weighted by Crippen LogP contribution is 2.27. The van der Waals surface area contributed by atoms with Gasteiger partial charge in [0.1, 0.15) is 17.2 Å². The van der Waals surface area contributed by atoms with E-state index in [0.717, 1.165) is 5.56 Å². The third kappa shape index (κ3) is 4.91. The molecule has 5 nitrogen and oxygen atoms in total. The van der Waals surface area contributed by atoms with E-state index >= 15 is 0 Å². The number of rotatable bonds is 7. The van der Waals surface area contributed by atoms with Crippen LogP contribution in [0.15, 0.2) is 36.4 Å². The minimum atomic E-state index is -0.642. The normalized spacial score (nSPS) is 11.8. The lowest BCUT2D eigenvalue weighted by atomic mass is 9.98. The van der Waals surface area contributed by atoms with E-state index in [1.54, 1.807) is 39.3 Å². The van der Waals surface area contributed by atoms with Gasteiger partial charge in [-0.3, -0.25) is 4.79 Å². The number of hydrogen-bond acceptors (Lipinski definition) is 4. The van der Waals surface area contributed by atoms with Gasteiger partial charge in [-0.05, 0) is 43.0 Å². The zero-order valence-corrected chi connectivity index (χ0v) is 16.3. The number of hydrogen-bond donors (Lipinski definition) is 1. The van der Waals surface area contributed by atoms with E-state index in [1.165, 1.54) is 5.56 Å². The van der Waals surface area contributed by atoms with Crippen LogP contribution in [0.4, 0.5) is 5.69 Å². The zero-order valence-electron chi connectivity index (χ0n) is 16.3. The molecule has 140 valence electrons.